The Morgan fingerprint density at radius 1 is 1.25 bits per heavy atom. The van der Waals surface area contributed by atoms with Crippen LogP contribution in [0.3, 0.4) is 0 Å². The van der Waals surface area contributed by atoms with Gasteiger partial charge in [0.15, 0.2) is 11.2 Å². The number of nitrogens with one attached hydrogen (secondary N) is 1. The highest BCUT2D eigenvalue weighted by Gasteiger charge is 2.24. The molecule has 1 atom stereocenters. The van der Waals surface area contributed by atoms with Crippen molar-refractivity contribution in [2.24, 2.45) is 20.0 Å². The topological polar surface area (TPSA) is 128 Å². The standard InChI is InChI=1S/C14H19N5O5/c1-7(2)9(13(22)23)16-8(20)5-19-6-15-11-10(19)12(21)18(4)14(24)17(11)3/h6-7,9H,5H2,1-4H3,(H,16,20)(H,22,23)/t9-/m0/s1. The van der Waals surface area contributed by atoms with Crippen LogP contribution in [0.15, 0.2) is 15.9 Å². The number of carboxylic acid groups (broad SMARTS) is 1. The van der Waals surface area contributed by atoms with E-state index < -0.39 is 29.2 Å². The number of aliphatic carboxylic acids is 1. The van der Waals surface area contributed by atoms with Crippen molar-refractivity contribution in [2.45, 2.75) is 26.4 Å². The molecule has 2 heterocycles. The average molecular weight is 337 g/mol. The van der Waals surface area contributed by atoms with Gasteiger partial charge in [-0.25, -0.2) is 14.6 Å². The molecule has 2 N–H and O–H groups in total. The summed E-state index contributed by atoms with van der Waals surface area (Å²) >= 11 is 0. The molecule has 0 bridgehead atoms. The Kier molecular flexibility index (Phi) is 4.58. The maximum absolute atomic E-state index is 12.3. The number of imidazole rings is 1. The fraction of sp³-hybridized carbons (Fsp3) is 0.500. The molecular weight excluding hydrogens is 318 g/mol. The summed E-state index contributed by atoms with van der Waals surface area (Å²) in [6.07, 6.45) is 1.27. The van der Waals surface area contributed by atoms with Crippen molar-refractivity contribution >= 4 is 23.0 Å². The summed E-state index contributed by atoms with van der Waals surface area (Å²) in [6.45, 7) is 3.08. The Morgan fingerprint density at radius 3 is 2.42 bits per heavy atom. The number of carbonyl (C=O) groups is 2. The van der Waals surface area contributed by atoms with E-state index in [1.54, 1.807) is 13.8 Å². The Hall–Kier alpha value is -2.91. The zero-order valence-corrected chi connectivity index (χ0v) is 13.8. The van der Waals surface area contributed by atoms with Crippen molar-refractivity contribution in [1.29, 1.82) is 0 Å². The molecule has 0 radical (unpaired) electrons. The van der Waals surface area contributed by atoms with Crippen LogP contribution in [0.1, 0.15) is 13.8 Å². The van der Waals surface area contributed by atoms with Crippen molar-refractivity contribution < 1.29 is 14.7 Å². The van der Waals surface area contributed by atoms with Crippen LogP contribution in [0.2, 0.25) is 0 Å². The second-order valence-electron chi connectivity index (χ2n) is 5.88. The number of carbonyl (C=O) groups excluding carboxylic acids is 1. The third-order valence-corrected chi connectivity index (χ3v) is 3.78. The van der Waals surface area contributed by atoms with E-state index in [0.29, 0.717) is 0 Å². The quantitative estimate of drug-likeness (QED) is 0.695. The predicted octanol–water partition coefficient (Wildman–Crippen LogP) is -1.34. The summed E-state index contributed by atoms with van der Waals surface area (Å²) in [4.78, 5) is 51.4. The van der Waals surface area contributed by atoms with Crippen LogP contribution in [0.4, 0.5) is 0 Å². The molecule has 10 nitrogen and oxygen atoms in total. The molecule has 0 fully saturated rings. The maximum atomic E-state index is 12.3. The molecule has 0 saturated carbocycles. The molecule has 1 amide bonds. The number of hydrogen-bond acceptors (Lipinski definition) is 5. The lowest BCUT2D eigenvalue weighted by Crippen LogP contribution is -2.45. The van der Waals surface area contributed by atoms with Gasteiger partial charge in [-0.1, -0.05) is 13.8 Å². The summed E-state index contributed by atoms with van der Waals surface area (Å²) in [5.74, 6) is -1.99. The van der Waals surface area contributed by atoms with Gasteiger partial charge in [0, 0.05) is 14.1 Å². The normalized spacial score (nSPS) is 12.5. The Labute approximate surface area is 136 Å². The molecule has 2 aromatic heterocycles. The van der Waals surface area contributed by atoms with Crippen molar-refractivity contribution in [3.8, 4) is 0 Å². The molecule has 24 heavy (non-hydrogen) atoms. The molecule has 10 heteroatoms. The molecule has 2 rings (SSSR count). The van der Waals surface area contributed by atoms with E-state index in [1.807, 2.05) is 0 Å². The number of fused-ring (bicyclic) bond motifs is 1. The van der Waals surface area contributed by atoms with Crippen molar-refractivity contribution in [3.05, 3.63) is 27.2 Å². The van der Waals surface area contributed by atoms with E-state index in [-0.39, 0.29) is 23.6 Å². The average Bonchev–Trinajstić information content (AvgIpc) is 2.91. The lowest BCUT2D eigenvalue weighted by atomic mass is 10.1. The number of nitrogens with zero attached hydrogens (tertiary/aromatic N) is 4. The van der Waals surface area contributed by atoms with E-state index in [0.717, 1.165) is 4.57 Å². The number of carboxylic acids is 1. The number of amides is 1. The lowest BCUT2D eigenvalue weighted by molar-refractivity contribution is -0.143. The first-order valence-corrected chi connectivity index (χ1v) is 7.28. The van der Waals surface area contributed by atoms with Gasteiger partial charge < -0.3 is 15.0 Å². The number of rotatable bonds is 5. The summed E-state index contributed by atoms with van der Waals surface area (Å²) in [6, 6.07) is -1.03. The second kappa shape index (κ2) is 6.30. The van der Waals surface area contributed by atoms with Crippen LogP contribution in [0, 0.1) is 5.92 Å². The van der Waals surface area contributed by atoms with Crippen LogP contribution in [-0.4, -0.2) is 41.7 Å². The van der Waals surface area contributed by atoms with Gasteiger partial charge in [-0.15, -0.1) is 0 Å². The van der Waals surface area contributed by atoms with Gasteiger partial charge in [-0.3, -0.25) is 18.7 Å². The van der Waals surface area contributed by atoms with E-state index in [2.05, 4.69) is 10.3 Å². The third-order valence-electron chi connectivity index (χ3n) is 3.78. The monoisotopic (exact) mass is 337 g/mol. The highest BCUT2D eigenvalue weighted by molar-refractivity contribution is 5.84. The molecular formula is C14H19N5O5. The van der Waals surface area contributed by atoms with Gasteiger partial charge in [0.1, 0.15) is 12.6 Å². The van der Waals surface area contributed by atoms with E-state index in [1.165, 1.54) is 29.6 Å². The maximum Gasteiger partial charge on any atom is 0.332 e. The van der Waals surface area contributed by atoms with Gasteiger partial charge in [-0.2, -0.15) is 0 Å². The molecule has 2 aromatic rings. The largest absolute Gasteiger partial charge is 0.480 e. The summed E-state index contributed by atoms with van der Waals surface area (Å²) in [5, 5.41) is 11.5. The van der Waals surface area contributed by atoms with Gasteiger partial charge in [0.2, 0.25) is 5.91 Å². The minimum absolute atomic E-state index is 0.103. The Morgan fingerprint density at radius 2 is 1.88 bits per heavy atom. The van der Waals surface area contributed by atoms with E-state index in [9.17, 15) is 19.2 Å². The van der Waals surface area contributed by atoms with E-state index in [4.69, 9.17) is 5.11 Å². The van der Waals surface area contributed by atoms with Crippen LogP contribution >= 0.6 is 0 Å². The van der Waals surface area contributed by atoms with Crippen molar-refractivity contribution in [2.75, 3.05) is 0 Å². The highest BCUT2D eigenvalue weighted by atomic mass is 16.4. The van der Waals surface area contributed by atoms with Crippen molar-refractivity contribution in [1.82, 2.24) is 24.0 Å². The lowest BCUT2D eigenvalue weighted by Gasteiger charge is -2.18. The summed E-state index contributed by atoms with van der Waals surface area (Å²) < 4.78 is 3.43. The van der Waals surface area contributed by atoms with Crippen LogP contribution in [0.25, 0.3) is 11.2 Å². The first kappa shape index (κ1) is 17.4. The molecule has 0 spiro atoms. The van der Waals surface area contributed by atoms with Gasteiger partial charge in [-0.05, 0) is 5.92 Å². The molecule has 130 valence electrons. The van der Waals surface area contributed by atoms with Gasteiger partial charge in [0.05, 0.1) is 6.33 Å². The van der Waals surface area contributed by atoms with Crippen molar-refractivity contribution in [3.63, 3.8) is 0 Å². The Bertz CT molecular complexity index is 920. The highest BCUT2D eigenvalue weighted by Crippen LogP contribution is 2.06. The zero-order chi connectivity index (χ0) is 18.2. The number of hydrogen-bond donors (Lipinski definition) is 2. The van der Waals surface area contributed by atoms with Crippen LogP contribution in [-0.2, 0) is 30.2 Å². The zero-order valence-electron chi connectivity index (χ0n) is 13.8. The molecule has 0 aliphatic carbocycles. The SMILES string of the molecule is CC(C)[C@H](NC(=O)Cn1cnc2c1c(=O)n(C)c(=O)n2C)C(=O)O. The first-order valence-electron chi connectivity index (χ1n) is 7.28. The minimum atomic E-state index is -1.13. The molecule has 0 unspecified atom stereocenters. The second-order valence-corrected chi connectivity index (χ2v) is 5.88. The predicted molar refractivity (Wildman–Crippen MR) is 84.6 cm³/mol. The fourth-order valence-corrected chi connectivity index (χ4v) is 2.40. The summed E-state index contributed by atoms with van der Waals surface area (Å²) in [7, 11) is 2.81. The smallest absolute Gasteiger partial charge is 0.332 e. The van der Waals surface area contributed by atoms with E-state index >= 15 is 0 Å². The Balaban J connectivity index is 2.38. The number of aryl methyl sites for hydroxylation is 1. The third kappa shape index (κ3) is 2.94. The molecule has 0 saturated heterocycles. The fourth-order valence-electron chi connectivity index (χ4n) is 2.40. The number of aromatic nitrogens is 4. The first-order chi connectivity index (χ1) is 11.1. The molecule has 0 aliphatic rings. The minimum Gasteiger partial charge on any atom is -0.480 e. The van der Waals surface area contributed by atoms with Crippen LogP contribution < -0.4 is 16.6 Å². The summed E-state index contributed by atoms with van der Waals surface area (Å²) in [5.41, 5.74) is -0.828. The van der Waals surface area contributed by atoms with Gasteiger partial charge >= 0.3 is 11.7 Å². The molecule has 0 aromatic carbocycles. The molecule has 0 aliphatic heterocycles. The van der Waals surface area contributed by atoms with Crippen LogP contribution in [0.5, 0.6) is 0 Å². The van der Waals surface area contributed by atoms with Gasteiger partial charge in [0.25, 0.3) is 5.56 Å².